The van der Waals surface area contributed by atoms with Crippen LogP contribution in [0.4, 0.5) is 18.9 Å². The summed E-state index contributed by atoms with van der Waals surface area (Å²) in [7, 11) is 0. The Labute approximate surface area is 133 Å². The van der Waals surface area contributed by atoms with Gasteiger partial charge in [0.05, 0.1) is 5.69 Å². The molecule has 0 bridgehead atoms. The van der Waals surface area contributed by atoms with Gasteiger partial charge in [-0.05, 0) is 25.1 Å². The highest BCUT2D eigenvalue weighted by atomic mass is 19.4. The molecule has 2 heterocycles. The molecule has 2 N–H and O–H groups in total. The fraction of sp³-hybridized carbons (Fsp3) is 0.133. The van der Waals surface area contributed by atoms with Crippen LogP contribution in [0.3, 0.4) is 0 Å². The van der Waals surface area contributed by atoms with Crippen LogP contribution in [0.15, 0.2) is 36.4 Å². The molecule has 0 aliphatic rings. The number of hydrogen-bond acceptors (Lipinski definition) is 4. The molecule has 0 aliphatic heterocycles. The lowest BCUT2D eigenvalue weighted by atomic mass is 10.3. The van der Waals surface area contributed by atoms with Crippen molar-refractivity contribution in [2.24, 2.45) is 0 Å². The quantitative estimate of drug-likeness (QED) is 0.705. The molecular formula is C15H11F3N4O2. The Morgan fingerprint density at radius 3 is 2.62 bits per heavy atom. The number of amides is 1. The Kier molecular flexibility index (Phi) is 3.63. The molecule has 0 atom stereocenters. The summed E-state index contributed by atoms with van der Waals surface area (Å²) in [5.74, 6) is -0.924. The molecule has 124 valence electrons. The number of aryl methyl sites for hydroxylation is 1. The van der Waals surface area contributed by atoms with Crippen molar-refractivity contribution in [1.29, 1.82) is 0 Å². The first kappa shape index (κ1) is 15.8. The molecule has 6 nitrogen and oxygen atoms in total. The summed E-state index contributed by atoms with van der Waals surface area (Å²) in [6.07, 6.45) is -4.64. The number of nitrogens with one attached hydrogen (secondary N) is 1. The Bertz CT molecular complexity index is 934. The second-order valence-corrected chi connectivity index (χ2v) is 5.05. The number of fused-ring (bicyclic) bond motifs is 1. The Hall–Kier alpha value is -3.10. The van der Waals surface area contributed by atoms with Crippen LogP contribution in [0, 0.1) is 6.92 Å². The van der Waals surface area contributed by atoms with Gasteiger partial charge in [-0.2, -0.15) is 18.3 Å². The number of aromatic nitrogens is 3. The molecule has 0 radical (unpaired) electrons. The van der Waals surface area contributed by atoms with Crippen molar-refractivity contribution in [3.63, 3.8) is 0 Å². The van der Waals surface area contributed by atoms with E-state index in [1.807, 2.05) is 0 Å². The number of carbonyl (C=O) groups excluding carboxylic acids is 1. The summed E-state index contributed by atoms with van der Waals surface area (Å²) in [5, 5.41) is 15.7. The van der Waals surface area contributed by atoms with Crippen molar-refractivity contribution in [3.05, 3.63) is 53.5 Å². The van der Waals surface area contributed by atoms with Crippen LogP contribution in [0.25, 0.3) is 5.65 Å². The number of anilines is 1. The monoisotopic (exact) mass is 336 g/mol. The van der Waals surface area contributed by atoms with Gasteiger partial charge in [-0.25, -0.2) is 9.50 Å². The zero-order valence-corrected chi connectivity index (χ0v) is 12.3. The topological polar surface area (TPSA) is 79.5 Å². The Morgan fingerprint density at radius 2 is 1.96 bits per heavy atom. The predicted octanol–water partition coefficient (Wildman–Crippen LogP) is 3.01. The molecular weight excluding hydrogens is 325 g/mol. The van der Waals surface area contributed by atoms with Gasteiger partial charge in [0.25, 0.3) is 5.91 Å². The normalized spacial score (nSPS) is 11.7. The number of nitrogens with zero attached hydrogens (tertiary/aromatic N) is 3. The van der Waals surface area contributed by atoms with Gasteiger partial charge in [0.1, 0.15) is 11.4 Å². The first-order valence-corrected chi connectivity index (χ1v) is 6.79. The summed E-state index contributed by atoms with van der Waals surface area (Å²) in [5.41, 5.74) is -1.08. The predicted molar refractivity (Wildman–Crippen MR) is 78.8 cm³/mol. The number of phenolic OH excluding ortho intramolecular Hbond substituents is 1. The van der Waals surface area contributed by atoms with Gasteiger partial charge in [0.2, 0.25) is 0 Å². The first-order valence-electron chi connectivity index (χ1n) is 6.79. The van der Waals surface area contributed by atoms with Gasteiger partial charge >= 0.3 is 6.18 Å². The fourth-order valence-electron chi connectivity index (χ4n) is 2.18. The molecule has 24 heavy (non-hydrogen) atoms. The maximum absolute atomic E-state index is 13.1. The fourth-order valence-corrected chi connectivity index (χ4v) is 2.18. The minimum atomic E-state index is -4.64. The van der Waals surface area contributed by atoms with Gasteiger partial charge in [-0.15, -0.1) is 0 Å². The average Bonchev–Trinajstić information content (AvgIpc) is 2.91. The van der Waals surface area contributed by atoms with Crippen LogP contribution in [0.5, 0.6) is 5.75 Å². The average molecular weight is 336 g/mol. The summed E-state index contributed by atoms with van der Waals surface area (Å²) >= 11 is 0. The zero-order chi connectivity index (χ0) is 17.5. The summed E-state index contributed by atoms with van der Waals surface area (Å²) in [6, 6.07) is 7.98. The molecule has 0 aliphatic carbocycles. The van der Waals surface area contributed by atoms with Crippen molar-refractivity contribution in [2.45, 2.75) is 13.1 Å². The third kappa shape index (κ3) is 2.87. The highest BCUT2D eigenvalue weighted by Gasteiger charge is 2.35. The van der Waals surface area contributed by atoms with Crippen molar-refractivity contribution in [3.8, 4) is 5.75 Å². The van der Waals surface area contributed by atoms with E-state index in [0.717, 1.165) is 12.1 Å². The smallest absolute Gasteiger partial charge is 0.433 e. The SMILES string of the molecule is Cc1cc(C(F)(F)F)n2nc(C(=O)Nc3ccccc3O)cc2n1. The second kappa shape index (κ2) is 5.52. The van der Waals surface area contributed by atoms with E-state index in [0.29, 0.717) is 4.52 Å². The van der Waals surface area contributed by atoms with E-state index in [4.69, 9.17) is 0 Å². The molecule has 2 aromatic heterocycles. The number of carbonyl (C=O) groups is 1. The Balaban J connectivity index is 2.02. The maximum atomic E-state index is 13.1. The third-order valence-electron chi connectivity index (χ3n) is 3.23. The zero-order valence-electron chi connectivity index (χ0n) is 12.3. The maximum Gasteiger partial charge on any atom is 0.433 e. The van der Waals surface area contributed by atoms with E-state index in [-0.39, 0.29) is 28.5 Å². The van der Waals surface area contributed by atoms with E-state index in [1.165, 1.54) is 19.1 Å². The van der Waals surface area contributed by atoms with Gasteiger partial charge in [-0.3, -0.25) is 4.79 Å². The molecule has 1 amide bonds. The van der Waals surface area contributed by atoms with Gasteiger partial charge in [-0.1, -0.05) is 12.1 Å². The van der Waals surface area contributed by atoms with Gasteiger partial charge in [0, 0.05) is 11.8 Å². The number of para-hydroxylation sites is 2. The number of aromatic hydroxyl groups is 1. The van der Waals surface area contributed by atoms with Crippen molar-refractivity contribution in [1.82, 2.24) is 14.6 Å². The van der Waals surface area contributed by atoms with Crippen molar-refractivity contribution < 1.29 is 23.1 Å². The van der Waals surface area contributed by atoms with Crippen LogP contribution >= 0.6 is 0 Å². The summed E-state index contributed by atoms with van der Waals surface area (Å²) in [6.45, 7) is 1.42. The third-order valence-corrected chi connectivity index (χ3v) is 3.23. The van der Waals surface area contributed by atoms with Crippen LogP contribution in [0.2, 0.25) is 0 Å². The number of phenols is 1. The highest BCUT2D eigenvalue weighted by Crippen LogP contribution is 2.30. The highest BCUT2D eigenvalue weighted by molar-refractivity contribution is 6.04. The van der Waals surface area contributed by atoms with E-state index >= 15 is 0 Å². The van der Waals surface area contributed by atoms with Crippen LogP contribution in [-0.2, 0) is 6.18 Å². The lowest BCUT2D eigenvalue weighted by Crippen LogP contribution is -2.15. The molecule has 1 aromatic carbocycles. The lowest BCUT2D eigenvalue weighted by Gasteiger charge is -2.09. The van der Waals surface area contributed by atoms with Gasteiger partial charge in [0.15, 0.2) is 11.3 Å². The molecule has 0 fully saturated rings. The van der Waals surface area contributed by atoms with Crippen LogP contribution in [-0.4, -0.2) is 25.6 Å². The van der Waals surface area contributed by atoms with E-state index < -0.39 is 17.8 Å². The van der Waals surface area contributed by atoms with Gasteiger partial charge < -0.3 is 10.4 Å². The number of alkyl halides is 3. The van der Waals surface area contributed by atoms with E-state index in [2.05, 4.69) is 15.4 Å². The minimum absolute atomic E-state index is 0.0928. The summed E-state index contributed by atoms with van der Waals surface area (Å²) in [4.78, 5) is 16.1. The standard InChI is InChI=1S/C15H11F3N4O2/c1-8-6-12(15(16,17)18)22-13(19-8)7-10(21-22)14(24)20-9-4-2-3-5-11(9)23/h2-7,23H,1H3,(H,20,24). The van der Waals surface area contributed by atoms with Crippen molar-refractivity contribution in [2.75, 3.05) is 5.32 Å². The second-order valence-electron chi connectivity index (χ2n) is 5.05. The van der Waals surface area contributed by atoms with Crippen molar-refractivity contribution >= 4 is 17.2 Å². The molecule has 3 aromatic rings. The first-order chi connectivity index (χ1) is 11.3. The molecule has 0 saturated carbocycles. The number of halogens is 3. The molecule has 9 heteroatoms. The van der Waals surface area contributed by atoms with Crippen LogP contribution < -0.4 is 5.32 Å². The number of rotatable bonds is 2. The largest absolute Gasteiger partial charge is 0.506 e. The van der Waals surface area contributed by atoms with E-state index in [9.17, 15) is 23.1 Å². The minimum Gasteiger partial charge on any atom is -0.506 e. The van der Waals surface area contributed by atoms with Crippen LogP contribution in [0.1, 0.15) is 21.9 Å². The molecule has 0 spiro atoms. The lowest BCUT2D eigenvalue weighted by molar-refractivity contribution is -0.142. The number of hydrogen-bond donors (Lipinski definition) is 2. The Morgan fingerprint density at radius 1 is 1.25 bits per heavy atom. The summed E-state index contributed by atoms with van der Waals surface area (Å²) < 4.78 is 39.8. The molecule has 3 rings (SSSR count). The van der Waals surface area contributed by atoms with E-state index in [1.54, 1.807) is 12.1 Å². The molecule has 0 unspecified atom stereocenters. The number of benzene rings is 1. The molecule has 0 saturated heterocycles.